The monoisotopic (exact) mass is 234 g/mol. The first-order valence-electron chi connectivity index (χ1n) is 6.29. The Kier molecular flexibility index (Phi) is 4.02. The first-order chi connectivity index (χ1) is 8.20. The number of ether oxygens (including phenoxy) is 1. The predicted octanol–water partition coefficient (Wildman–Crippen LogP) is 2.30. The van der Waals surface area contributed by atoms with E-state index >= 15 is 0 Å². The Morgan fingerprint density at radius 2 is 2.35 bits per heavy atom. The van der Waals surface area contributed by atoms with E-state index in [2.05, 4.69) is 24.0 Å². The largest absolute Gasteiger partial charge is 0.399 e. The van der Waals surface area contributed by atoms with Crippen LogP contribution in [-0.4, -0.2) is 31.7 Å². The molecule has 0 saturated carbocycles. The van der Waals surface area contributed by atoms with Crippen LogP contribution in [0, 0.1) is 5.92 Å². The molecule has 0 amide bonds. The van der Waals surface area contributed by atoms with Crippen LogP contribution in [0.2, 0.25) is 0 Å². The van der Waals surface area contributed by atoms with Crippen molar-refractivity contribution in [2.45, 2.75) is 19.4 Å². The van der Waals surface area contributed by atoms with Crippen molar-refractivity contribution in [3.63, 3.8) is 0 Å². The Hall–Kier alpha value is -1.06. The van der Waals surface area contributed by atoms with Gasteiger partial charge in [-0.15, -0.1) is 0 Å². The molecule has 2 N–H and O–H groups in total. The van der Waals surface area contributed by atoms with Gasteiger partial charge in [0.25, 0.3) is 0 Å². The lowest BCUT2D eigenvalue weighted by atomic mass is 10.1. The number of nitrogen functional groups attached to an aromatic ring is 1. The molecule has 94 valence electrons. The molecule has 0 bridgehead atoms. The van der Waals surface area contributed by atoms with Crippen molar-refractivity contribution in [3.05, 3.63) is 29.8 Å². The molecule has 17 heavy (non-hydrogen) atoms. The molecular formula is C14H22N2O. The minimum atomic E-state index is 0.445. The number of hydrogen-bond acceptors (Lipinski definition) is 3. The standard InChI is InChI=1S/C14H22N2O/c1-11(13-4-3-5-14(15)8-13)16-7-6-12(9-16)10-17-2/h3-5,8,11-12H,6-7,9-10,15H2,1-2H3. The first kappa shape index (κ1) is 12.4. The molecule has 0 aromatic heterocycles. The van der Waals surface area contributed by atoms with Gasteiger partial charge in [-0.05, 0) is 43.5 Å². The highest BCUT2D eigenvalue weighted by molar-refractivity contribution is 5.41. The molecular weight excluding hydrogens is 212 g/mol. The van der Waals surface area contributed by atoms with Crippen molar-refractivity contribution >= 4 is 5.69 Å². The lowest BCUT2D eigenvalue weighted by Gasteiger charge is -2.25. The summed E-state index contributed by atoms with van der Waals surface area (Å²) in [6, 6.07) is 8.65. The van der Waals surface area contributed by atoms with Crippen LogP contribution in [-0.2, 0) is 4.74 Å². The van der Waals surface area contributed by atoms with Crippen molar-refractivity contribution in [2.75, 3.05) is 32.5 Å². The summed E-state index contributed by atoms with van der Waals surface area (Å²) < 4.78 is 5.23. The molecule has 3 nitrogen and oxygen atoms in total. The van der Waals surface area contributed by atoms with Gasteiger partial charge in [-0.25, -0.2) is 0 Å². The van der Waals surface area contributed by atoms with Crippen LogP contribution >= 0.6 is 0 Å². The molecule has 1 saturated heterocycles. The normalized spacial score (nSPS) is 22.8. The van der Waals surface area contributed by atoms with E-state index in [1.165, 1.54) is 12.0 Å². The Balaban J connectivity index is 1.99. The van der Waals surface area contributed by atoms with Gasteiger partial charge >= 0.3 is 0 Å². The smallest absolute Gasteiger partial charge is 0.0503 e. The van der Waals surface area contributed by atoms with Crippen LogP contribution in [0.5, 0.6) is 0 Å². The number of likely N-dealkylation sites (tertiary alicyclic amines) is 1. The highest BCUT2D eigenvalue weighted by Crippen LogP contribution is 2.28. The molecule has 1 heterocycles. The second-order valence-corrected chi connectivity index (χ2v) is 4.95. The maximum Gasteiger partial charge on any atom is 0.0503 e. The van der Waals surface area contributed by atoms with Gasteiger partial charge in [-0.2, -0.15) is 0 Å². The van der Waals surface area contributed by atoms with Gasteiger partial charge in [0.2, 0.25) is 0 Å². The average Bonchev–Trinajstić information content (AvgIpc) is 2.77. The summed E-state index contributed by atoms with van der Waals surface area (Å²) in [5, 5.41) is 0. The number of benzene rings is 1. The van der Waals surface area contributed by atoms with Crippen LogP contribution in [0.3, 0.4) is 0 Å². The fraction of sp³-hybridized carbons (Fsp3) is 0.571. The lowest BCUT2D eigenvalue weighted by molar-refractivity contribution is 0.148. The number of methoxy groups -OCH3 is 1. The fourth-order valence-corrected chi connectivity index (χ4v) is 2.62. The molecule has 1 aromatic carbocycles. The minimum Gasteiger partial charge on any atom is -0.399 e. The van der Waals surface area contributed by atoms with Crippen molar-refractivity contribution in [3.8, 4) is 0 Å². The Morgan fingerprint density at radius 1 is 1.53 bits per heavy atom. The molecule has 0 radical (unpaired) electrons. The number of anilines is 1. The summed E-state index contributed by atoms with van der Waals surface area (Å²) >= 11 is 0. The van der Waals surface area contributed by atoms with E-state index in [-0.39, 0.29) is 0 Å². The number of hydrogen-bond donors (Lipinski definition) is 1. The van der Waals surface area contributed by atoms with E-state index in [1.807, 2.05) is 12.1 Å². The summed E-state index contributed by atoms with van der Waals surface area (Å²) in [6.07, 6.45) is 1.24. The number of nitrogens with two attached hydrogens (primary N) is 1. The van der Waals surface area contributed by atoms with Gasteiger partial charge in [0.15, 0.2) is 0 Å². The molecule has 2 atom stereocenters. The molecule has 0 aliphatic carbocycles. The summed E-state index contributed by atoms with van der Waals surface area (Å²) in [7, 11) is 1.78. The third kappa shape index (κ3) is 2.99. The lowest BCUT2D eigenvalue weighted by Crippen LogP contribution is -2.25. The maximum atomic E-state index is 5.83. The van der Waals surface area contributed by atoms with Crippen molar-refractivity contribution < 1.29 is 4.74 Å². The Bertz CT molecular complexity index is 367. The number of rotatable bonds is 4. The maximum absolute atomic E-state index is 5.83. The van der Waals surface area contributed by atoms with Crippen LogP contribution in [0.1, 0.15) is 24.9 Å². The highest BCUT2D eigenvalue weighted by atomic mass is 16.5. The zero-order valence-corrected chi connectivity index (χ0v) is 10.7. The highest BCUT2D eigenvalue weighted by Gasteiger charge is 2.26. The zero-order valence-electron chi connectivity index (χ0n) is 10.7. The number of nitrogens with zero attached hydrogens (tertiary/aromatic N) is 1. The summed E-state index contributed by atoms with van der Waals surface area (Å²) in [4.78, 5) is 2.51. The third-order valence-electron chi connectivity index (χ3n) is 3.66. The summed E-state index contributed by atoms with van der Waals surface area (Å²) in [5.74, 6) is 0.684. The molecule has 2 rings (SSSR count). The van der Waals surface area contributed by atoms with E-state index in [9.17, 15) is 0 Å². The fourth-order valence-electron chi connectivity index (χ4n) is 2.62. The molecule has 0 spiro atoms. The van der Waals surface area contributed by atoms with Crippen molar-refractivity contribution in [2.24, 2.45) is 5.92 Å². The van der Waals surface area contributed by atoms with Gasteiger partial charge in [-0.3, -0.25) is 4.90 Å². The van der Waals surface area contributed by atoms with Crippen molar-refractivity contribution in [1.82, 2.24) is 4.90 Å². The molecule has 1 aromatic rings. The average molecular weight is 234 g/mol. The topological polar surface area (TPSA) is 38.5 Å². The van der Waals surface area contributed by atoms with Gasteiger partial charge < -0.3 is 10.5 Å². The predicted molar refractivity (Wildman–Crippen MR) is 70.8 cm³/mol. The molecule has 1 aliphatic heterocycles. The van der Waals surface area contributed by atoms with Crippen LogP contribution < -0.4 is 5.73 Å². The molecule has 1 fully saturated rings. The molecule has 2 unspecified atom stereocenters. The van der Waals surface area contributed by atoms with Gasteiger partial charge in [-0.1, -0.05) is 12.1 Å². The van der Waals surface area contributed by atoms with Crippen LogP contribution in [0.15, 0.2) is 24.3 Å². The quantitative estimate of drug-likeness (QED) is 0.812. The minimum absolute atomic E-state index is 0.445. The van der Waals surface area contributed by atoms with Gasteiger partial charge in [0, 0.05) is 25.4 Å². The SMILES string of the molecule is COCC1CCN(C(C)c2cccc(N)c2)C1. The summed E-state index contributed by atoms with van der Waals surface area (Å²) in [6.45, 7) is 5.41. The van der Waals surface area contributed by atoms with E-state index < -0.39 is 0 Å². The zero-order chi connectivity index (χ0) is 12.3. The van der Waals surface area contributed by atoms with E-state index in [0.29, 0.717) is 12.0 Å². The van der Waals surface area contributed by atoms with E-state index in [1.54, 1.807) is 7.11 Å². The second kappa shape index (κ2) is 5.52. The second-order valence-electron chi connectivity index (χ2n) is 4.95. The third-order valence-corrected chi connectivity index (χ3v) is 3.66. The summed E-state index contributed by atoms with van der Waals surface area (Å²) in [5.41, 5.74) is 7.99. The Morgan fingerprint density at radius 3 is 3.06 bits per heavy atom. The van der Waals surface area contributed by atoms with Crippen LogP contribution in [0.4, 0.5) is 5.69 Å². The van der Waals surface area contributed by atoms with Crippen molar-refractivity contribution in [1.29, 1.82) is 0 Å². The van der Waals surface area contributed by atoms with Gasteiger partial charge in [0.05, 0.1) is 6.61 Å². The van der Waals surface area contributed by atoms with Crippen LogP contribution in [0.25, 0.3) is 0 Å². The first-order valence-corrected chi connectivity index (χ1v) is 6.29. The van der Waals surface area contributed by atoms with Gasteiger partial charge in [0.1, 0.15) is 0 Å². The van der Waals surface area contributed by atoms with E-state index in [4.69, 9.17) is 10.5 Å². The molecule has 3 heteroatoms. The Labute approximate surface area is 104 Å². The molecule has 1 aliphatic rings. The van der Waals surface area contributed by atoms with E-state index in [0.717, 1.165) is 25.4 Å².